The monoisotopic (exact) mass is 424 g/mol. The summed E-state index contributed by atoms with van der Waals surface area (Å²) in [6.45, 7) is 4.12. The Labute approximate surface area is 178 Å². The Balaban J connectivity index is 1.43. The molecule has 2 fully saturated rings. The average Bonchev–Trinajstić information content (AvgIpc) is 3.38. The lowest BCUT2D eigenvalue weighted by Gasteiger charge is -2.23. The minimum absolute atomic E-state index is 0.0426. The minimum atomic E-state index is -3.63. The van der Waals surface area contributed by atoms with Crippen LogP contribution >= 0.6 is 0 Å². The van der Waals surface area contributed by atoms with Crippen molar-refractivity contribution in [2.24, 2.45) is 11.8 Å². The van der Waals surface area contributed by atoms with Crippen molar-refractivity contribution in [1.82, 2.24) is 9.62 Å². The number of hydrogen-bond acceptors (Lipinski definition) is 3. The number of carbonyl (C=O) groups excluding carboxylic acids is 1. The molecule has 0 saturated heterocycles. The summed E-state index contributed by atoms with van der Waals surface area (Å²) >= 11 is 0. The standard InChI is InChI=1S/C24H28N2O3S/c1-2-14-26(30(28,29)22-6-4-3-5-7-22)17-18-8-11-20(12-9-18)24(27)25-23-16-19-10-13-21(23)15-19/h2-9,11-12,19,21,23H,1,10,13-17H2,(H,25,27)/t19-,21-,23-/m0/s1. The molecule has 1 N–H and O–H groups in total. The van der Waals surface area contributed by atoms with Crippen molar-refractivity contribution in [1.29, 1.82) is 0 Å². The van der Waals surface area contributed by atoms with E-state index < -0.39 is 10.0 Å². The fourth-order valence-corrected chi connectivity index (χ4v) is 6.19. The van der Waals surface area contributed by atoms with Gasteiger partial charge in [-0.3, -0.25) is 4.79 Å². The van der Waals surface area contributed by atoms with Crippen molar-refractivity contribution in [2.45, 2.75) is 43.2 Å². The zero-order chi connectivity index (χ0) is 21.1. The summed E-state index contributed by atoms with van der Waals surface area (Å²) in [5.41, 5.74) is 1.44. The van der Waals surface area contributed by atoms with Gasteiger partial charge < -0.3 is 5.32 Å². The van der Waals surface area contributed by atoms with Gasteiger partial charge >= 0.3 is 0 Å². The molecular formula is C24H28N2O3S. The molecular weight excluding hydrogens is 396 g/mol. The number of rotatable bonds is 8. The highest BCUT2D eigenvalue weighted by Crippen LogP contribution is 2.44. The molecule has 2 aromatic rings. The molecule has 0 heterocycles. The summed E-state index contributed by atoms with van der Waals surface area (Å²) < 4.78 is 27.3. The number of carbonyl (C=O) groups is 1. The molecule has 2 saturated carbocycles. The lowest BCUT2D eigenvalue weighted by molar-refractivity contribution is 0.0923. The predicted octanol–water partition coefficient (Wildman–Crippen LogP) is 3.98. The van der Waals surface area contributed by atoms with E-state index in [1.807, 2.05) is 12.1 Å². The number of hydrogen-bond donors (Lipinski definition) is 1. The molecule has 5 nitrogen and oxygen atoms in total. The second-order valence-electron chi connectivity index (χ2n) is 8.35. The van der Waals surface area contributed by atoms with Gasteiger partial charge in [0.15, 0.2) is 0 Å². The molecule has 2 aliphatic rings. The van der Waals surface area contributed by atoms with Gasteiger partial charge in [0.25, 0.3) is 5.91 Å². The van der Waals surface area contributed by atoms with Gasteiger partial charge in [-0.2, -0.15) is 4.31 Å². The fraction of sp³-hybridized carbons (Fsp3) is 0.375. The maximum absolute atomic E-state index is 13.0. The van der Waals surface area contributed by atoms with E-state index >= 15 is 0 Å². The van der Waals surface area contributed by atoms with E-state index in [4.69, 9.17) is 0 Å². The van der Waals surface area contributed by atoms with Gasteiger partial charge in [-0.25, -0.2) is 8.42 Å². The van der Waals surface area contributed by atoms with Crippen LogP contribution in [0.25, 0.3) is 0 Å². The third-order valence-electron chi connectivity index (χ3n) is 6.34. The number of benzene rings is 2. The molecule has 0 aromatic heterocycles. The third-order valence-corrected chi connectivity index (χ3v) is 8.17. The zero-order valence-electron chi connectivity index (χ0n) is 17.0. The average molecular weight is 425 g/mol. The molecule has 2 bridgehead atoms. The first kappa shape index (κ1) is 20.8. The number of fused-ring (bicyclic) bond motifs is 2. The fourth-order valence-electron chi connectivity index (χ4n) is 4.77. The molecule has 6 heteroatoms. The second kappa shape index (κ2) is 8.74. The molecule has 2 aliphatic carbocycles. The summed E-state index contributed by atoms with van der Waals surface area (Å²) in [4.78, 5) is 12.9. The van der Waals surface area contributed by atoms with Crippen LogP contribution in [0.4, 0.5) is 0 Å². The van der Waals surface area contributed by atoms with Crippen molar-refractivity contribution < 1.29 is 13.2 Å². The van der Waals surface area contributed by atoms with Crippen molar-refractivity contribution in [2.75, 3.05) is 6.54 Å². The highest BCUT2D eigenvalue weighted by molar-refractivity contribution is 7.89. The van der Waals surface area contributed by atoms with Gasteiger partial charge in [-0.1, -0.05) is 42.8 Å². The SMILES string of the molecule is C=CCN(Cc1ccc(C(=O)N[C@H]2C[C@H]3CC[C@H]2C3)cc1)S(=O)(=O)c1ccccc1. The second-order valence-corrected chi connectivity index (χ2v) is 10.3. The van der Waals surface area contributed by atoms with Gasteiger partial charge in [0.1, 0.15) is 0 Å². The Hall–Kier alpha value is -2.44. The molecule has 1 amide bonds. The van der Waals surface area contributed by atoms with Gasteiger partial charge in [0, 0.05) is 24.7 Å². The van der Waals surface area contributed by atoms with E-state index in [1.165, 1.54) is 23.6 Å². The van der Waals surface area contributed by atoms with Gasteiger partial charge in [0.2, 0.25) is 10.0 Å². The smallest absolute Gasteiger partial charge is 0.251 e. The lowest BCUT2D eigenvalue weighted by Crippen LogP contribution is -2.38. The molecule has 2 aromatic carbocycles. The lowest BCUT2D eigenvalue weighted by atomic mass is 9.95. The van der Waals surface area contributed by atoms with Gasteiger partial charge in [-0.15, -0.1) is 6.58 Å². The van der Waals surface area contributed by atoms with Crippen LogP contribution in [0.3, 0.4) is 0 Å². The molecule has 0 aliphatic heterocycles. The quantitative estimate of drug-likeness (QED) is 0.652. The van der Waals surface area contributed by atoms with E-state index in [2.05, 4.69) is 11.9 Å². The molecule has 158 valence electrons. The predicted molar refractivity (Wildman–Crippen MR) is 117 cm³/mol. The first-order valence-electron chi connectivity index (χ1n) is 10.5. The zero-order valence-corrected chi connectivity index (χ0v) is 17.9. The van der Waals surface area contributed by atoms with E-state index in [-0.39, 0.29) is 23.9 Å². The van der Waals surface area contributed by atoms with Crippen molar-refractivity contribution >= 4 is 15.9 Å². The molecule has 3 atom stereocenters. The van der Waals surface area contributed by atoms with Crippen molar-refractivity contribution in [3.63, 3.8) is 0 Å². The van der Waals surface area contributed by atoms with Crippen LogP contribution in [0.5, 0.6) is 0 Å². The first-order chi connectivity index (χ1) is 14.5. The van der Waals surface area contributed by atoms with E-state index in [9.17, 15) is 13.2 Å². The number of nitrogens with zero attached hydrogens (tertiary/aromatic N) is 1. The molecule has 4 rings (SSSR count). The van der Waals surface area contributed by atoms with E-state index in [0.29, 0.717) is 17.5 Å². The Morgan fingerprint density at radius 1 is 1.07 bits per heavy atom. The number of amides is 1. The molecule has 30 heavy (non-hydrogen) atoms. The Bertz CT molecular complexity index is 1000. The Morgan fingerprint density at radius 3 is 2.40 bits per heavy atom. The topological polar surface area (TPSA) is 66.5 Å². The summed E-state index contributed by atoms with van der Waals surface area (Å²) in [6.07, 6.45) is 6.46. The van der Waals surface area contributed by atoms with Crippen LogP contribution in [-0.2, 0) is 16.6 Å². The number of sulfonamides is 1. The van der Waals surface area contributed by atoms with Crippen LogP contribution in [0.1, 0.15) is 41.6 Å². The summed E-state index contributed by atoms with van der Waals surface area (Å²) in [7, 11) is -3.63. The normalized spacial score (nSPS) is 22.9. The van der Waals surface area contributed by atoms with E-state index in [0.717, 1.165) is 17.9 Å². The third kappa shape index (κ3) is 4.35. The first-order valence-corrected chi connectivity index (χ1v) is 12.0. The summed E-state index contributed by atoms with van der Waals surface area (Å²) in [6, 6.07) is 15.9. The summed E-state index contributed by atoms with van der Waals surface area (Å²) in [5.74, 6) is 1.37. The molecule has 0 radical (unpaired) electrons. The number of nitrogens with one attached hydrogen (secondary N) is 1. The highest BCUT2D eigenvalue weighted by Gasteiger charge is 2.40. The van der Waals surface area contributed by atoms with Gasteiger partial charge in [0.05, 0.1) is 4.90 Å². The molecule has 0 spiro atoms. The Kier molecular flexibility index (Phi) is 6.06. The summed E-state index contributed by atoms with van der Waals surface area (Å²) in [5, 5.41) is 3.19. The molecule has 0 unspecified atom stereocenters. The van der Waals surface area contributed by atoms with Crippen molar-refractivity contribution in [3.8, 4) is 0 Å². The van der Waals surface area contributed by atoms with Crippen molar-refractivity contribution in [3.05, 3.63) is 78.4 Å². The minimum Gasteiger partial charge on any atom is -0.349 e. The maximum atomic E-state index is 13.0. The highest BCUT2D eigenvalue weighted by atomic mass is 32.2. The van der Waals surface area contributed by atoms with Gasteiger partial charge in [-0.05, 0) is 60.9 Å². The largest absolute Gasteiger partial charge is 0.349 e. The van der Waals surface area contributed by atoms with Crippen LogP contribution in [0, 0.1) is 11.8 Å². The van der Waals surface area contributed by atoms with Crippen LogP contribution < -0.4 is 5.32 Å². The van der Waals surface area contributed by atoms with Crippen LogP contribution in [-0.4, -0.2) is 31.2 Å². The van der Waals surface area contributed by atoms with E-state index in [1.54, 1.807) is 48.5 Å². The van der Waals surface area contributed by atoms with Crippen LogP contribution in [0.15, 0.2) is 72.1 Å². The Morgan fingerprint density at radius 2 is 1.80 bits per heavy atom. The van der Waals surface area contributed by atoms with Crippen LogP contribution in [0.2, 0.25) is 0 Å². The maximum Gasteiger partial charge on any atom is 0.251 e.